The smallest absolute Gasteiger partial charge is 0.305 e. The van der Waals surface area contributed by atoms with Crippen molar-refractivity contribution in [2.75, 3.05) is 11.9 Å². The zero-order chi connectivity index (χ0) is 15.0. The van der Waals surface area contributed by atoms with E-state index < -0.39 is 17.5 Å². The average Bonchev–Trinajstić information content (AvgIpc) is 2.88. The number of amides is 1. The molecule has 1 amide bonds. The molecule has 6 heteroatoms. The van der Waals surface area contributed by atoms with E-state index in [0.29, 0.717) is 17.2 Å². The molecule has 21 heavy (non-hydrogen) atoms. The number of hydrogen-bond acceptors (Lipinski definition) is 3. The zero-order valence-corrected chi connectivity index (χ0v) is 11.0. The molecule has 0 atom stereocenters. The normalized spacial score (nSPS) is 10.8. The van der Waals surface area contributed by atoms with Gasteiger partial charge in [-0.3, -0.25) is 9.69 Å². The summed E-state index contributed by atoms with van der Waals surface area (Å²) in [5, 5.41) is 0. The second-order valence-electron chi connectivity index (χ2n) is 4.49. The number of benzene rings is 2. The highest BCUT2D eigenvalue weighted by molar-refractivity contribution is 6.04. The number of carbonyl (C=O) groups is 1. The second-order valence-corrected chi connectivity index (χ2v) is 4.49. The van der Waals surface area contributed by atoms with E-state index in [9.17, 15) is 13.6 Å². The third-order valence-electron chi connectivity index (χ3n) is 2.98. The summed E-state index contributed by atoms with van der Waals surface area (Å²) >= 11 is 0. The summed E-state index contributed by atoms with van der Waals surface area (Å²) in [4.78, 5) is 17.5. The summed E-state index contributed by atoms with van der Waals surface area (Å²) in [7, 11) is 1.43. The Morgan fingerprint density at radius 2 is 1.81 bits per heavy atom. The third kappa shape index (κ3) is 2.47. The van der Waals surface area contributed by atoms with Crippen LogP contribution in [0.2, 0.25) is 0 Å². The molecule has 4 nitrogen and oxygen atoms in total. The quantitative estimate of drug-likeness (QED) is 0.726. The minimum Gasteiger partial charge on any atom is -0.423 e. The summed E-state index contributed by atoms with van der Waals surface area (Å²) in [6.45, 7) is 0. The van der Waals surface area contributed by atoms with Gasteiger partial charge >= 0.3 is 6.01 Å². The lowest BCUT2D eigenvalue weighted by Gasteiger charge is -2.12. The number of aromatic nitrogens is 1. The Morgan fingerprint density at radius 1 is 1.14 bits per heavy atom. The number of hydrogen-bond donors (Lipinski definition) is 0. The number of carbonyl (C=O) groups excluding carboxylic acids is 1. The monoisotopic (exact) mass is 288 g/mol. The lowest BCUT2D eigenvalue weighted by molar-refractivity contribution is 0.0987. The van der Waals surface area contributed by atoms with Crippen LogP contribution in [0.1, 0.15) is 10.4 Å². The highest BCUT2D eigenvalue weighted by Gasteiger charge is 2.19. The van der Waals surface area contributed by atoms with E-state index in [1.54, 1.807) is 24.3 Å². The van der Waals surface area contributed by atoms with Crippen LogP contribution in [0.3, 0.4) is 0 Å². The van der Waals surface area contributed by atoms with Gasteiger partial charge in [-0.15, -0.1) is 0 Å². The van der Waals surface area contributed by atoms with E-state index in [1.165, 1.54) is 7.05 Å². The Kier molecular flexibility index (Phi) is 3.13. The van der Waals surface area contributed by atoms with E-state index in [-0.39, 0.29) is 11.6 Å². The molecule has 0 aliphatic rings. The van der Waals surface area contributed by atoms with Gasteiger partial charge in [0, 0.05) is 18.7 Å². The first kappa shape index (κ1) is 13.2. The van der Waals surface area contributed by atoms with Crippen LogP contribution in [-0.4, -0.2) is 17.9 Å². The van der Waals surface area contributed by atoms with Gasteiger partial charge in [-0.25, -0.2) is 8.78 Å². The van der Waals surface area contributed by atoms with Crippen molar-refractivity contribution in [3.63, 3.8) is 0 Å². The SMILES string of the molecule is CN(C(=O)c1cc(F)cc(F)c1)c1nc2ccccc2o1. The minimum atomic E-state index is -0.815. The highest BCUT2D eigenvalue weighted by atomic mass is 19.1. The molecule has 0 unspecified atom stereocenters. The topological polar surface area (TPSA) is 46.3 Å². The number of anilines is 1. The molecule has 0 saturated heterocycles. The Balaban J connectivity index is 1.96. The summed E-state index contributed by atoms with van der Waals surface area (Å²) in [5.74, 6) is -2.24. The van der Waals surface area contributed by atoms with Crippen molar-refractivity contribution in [1.29, 1.82) is 0 Å². The first-order valence-electron chi connectivity index (χ1n) is 6.14. The minimum absolute atomic E-state index is 0.0610. The van der Waals surface area contributed by atoms with Gasteiger partial charge < -0.3 is 4.42 Å². The van der Waals surface area contributed by atoms with Crippen molar-refractivity contribution in [2.24, 2.45) is 0 Å². The van der Waals surface area contributed by atoms with Crippen LogP contribution in [0.5, 0.6) is 0 Å². The molecule has 0 aliphatic heterocycles. The van der Waals surface area contributed by atoms with Crippen molar-refractivity contribution in [3.05, 3.63) is 59.7 Å². The van der Waals surface area contributed by atoms with E-state index in [4.69, 9.17) is 4.42 Å². The molecule has 0 fully saturated rings. The molecule has 3 rings (SSSR count). The van der Waals surface area contributed by atoms with Crippen molar-refractivity contribution in [1.82, 2.24) is 4.98 Å². The first-order valence-corrected chi connectivity index (χ1v) is 6.14. The van der Waals surface area contributed by atoms with Crippen LogP contribution in [0.4, 0.5) is 14.8 Å². The van der Waals surface area contributed by atoms with Gasteiger partial charge in [-0.05, 0) is 24.3 Å². The molecule has 0 saturated carbocycles. The molecule has 1 aromatic heterocycles. The van der Waals surface area contributed by atoms with Crippen LogP contribution in [-0.2, 0) is 0 Å². The summed E-state index contributed by atoms with van der Waals surface area (Å²) in [5.41, 5.74) is 1.01. The summed E-state index contributed by atoms with van der Waals surface area (Å²) in [6, 6.07) is 9.71. The average molecular weight is 288 g/mol. The maximum atomic E-state index is 13.2. The number of para-hydroxylation sites is 2. The maximum absolute atomic E-state index is 13.2. The zero-order valence-electron chi connectivity index (χ0n) is 11.0. The Morgan fingerprint density at radius 3 is 2.48 bits per heavy atom. The second kappa shape index (κ2) is 4.97. The molecular formula is C15H10F2N2O2. The van der Waals surface area contributed by atoms with Gasteiger partial charge in [0.25, 0.3) is 5.91 Å². The van der Waals surface area contributed by atoms with Gasteiger partial charge in [-0.1, -0.05) is 12.1 Å². The van der Waals surface area contributed by atoms with Crippen molar-refractivity contribution in [2.45, 2.75) is 0 Å². The molecule has 0 N–H and O–H groups in total. The van der Waals surface area contributed by atoms with Crippen LogP contribution in [0, 0.1) is 11.6 Å². The largest absolute Gasteiger partial charge is 0.423 e. The number of halogens is 2. The van der Waals surface area contributed by atoms with Crippen molar-refractivity contribution in [3.8, 4) is 0 Å². The molecule has 2 aromatic carbocycles. The molecule has 1 heterocycles. The van der Waals surface area contributed by atoms with Crippen molar-refractivity contribution >= 4 is 23.0 Å². The van der Waals surface area contributed by atoms with Gasteiger partial charge in [-0.2, -0.15) is 4.98 Å². The van der Waals surface area contributed by atoms with Gasteiger partial charge in [0.05, 0.1) is 0 Å². The number of nitrogens with zero attached hydrogens (tertiary/aromatic N) is 2. The lowest BCUT2D eigenvalue weighted by Crippen LogP contribution is -2.26. The van der Waals surface area contributed by atoms with Crippen LogP contribution in [0.25, 0.3) is 11.1 Å². The molecular weight excluding hydrogens is 278 g/mol. The van der Waals surface area contributed by atoms with E-state index >= 15 is 0 Å². The number of oxazole rings is 1. The lowest BCUT2D eigenvalue weighted by atomic mass is 10.2. The summed E-state index contributed by atoms with van der Waals surface area (Å²) < 4.78 is 31.8. The first-order chi connectivity index (χ1) is 10.0. The van der Waals surface area contributed by atoms with Crippen molar-refractivity contribution < 1.29 is 18.0 Å². The van der Waals surface area contributed by atoms with Gasteiger partial charge in [0.2, 0.25) is 0 Å². The molecule has 0 bridgehead atoms. The van der Waals surface area contributed by atoms with Crippen LogP contribution >= 0.6 is 0 Å². The predicted octanol–water partition coefficient (Wildman–Crippen LogP) is 3.38. The molecule has 0 aliphatic carbocycles. The highest BCUT2D eigenvalue weighted by Crippen LogP contribution is 2.22. The van der Waals surface area contributed by atoms with Crippen LogP contribution < -0.4 is 4.90 Å². The predicted molar refractivity (Wildman–Crippen MR) is 73.1 cm³/mol. The van der Waals surface area contributed by atoms with Gasteiger partial charge in [0.15, 0.2) is 5.58 Å². The fourth-order valence-corrected chi connectivity index (χ4v) is 1.96. The third-order valence-corrected chi connectivity index (χ3v) is 2.98. The maximum Gasteiger partial charge on any atom is 0.305 e. The van der Waals surface area contributed by atoms with Crippen LogP contribution in [0.15, 0.2) is 46.9 Å². The molecule has 0 spiro atoms. The van der Waals surface area contributed by atoms with E-state index in [1.807, 2.05) is 0 Å². The fraction of sp³-hybridized carbons (Fsp3) is 0.0667. The molecule has 106 valence electrons. The van der Waals surface area contributed by atoms with Gasteiger partial charge in [0.1, 0.15) is 17.2 Å². The van der Waals surface area contributed by atoms with E-state index in [0.717, 1.165) is 17.0 Å². The fourth-order valence-electron chi connectivity index (χ4n) is 1.96. The Bertz CT molecular complexity index is 776. The molecule has 0 radical (unpaired) electrons. The number of rotatable bonds is 2. The Hall–Kier alpha value is -2.76. The molecule has 3 aromatic rings. The number of fused-ring (bicyclic) bond motifs is 1. The van der Waals surface area contributed by atoms with E-state index in [2.05, 4.69) is 4.98 Å². The Labute approximate surface area is 118 Å². The standard InChI is InChI=1S/C15H10F2N2O2/c1-19(14(20)9-6-10(16)8-11(17)7-9)15-18-12-4-2-3-5-13(12)21-15/h2-8H,1H3. The summed E-state index contributed by atoms with van der Waals surface area (Å²) in [6.07, 6.45) is 0.